The maximum atomic E-state index is 12.7. The molecule has 0 aromatic heterocycles. The first-order valence-electron chi connectivity index (χ1n) is 21.2. The summed E-state index contributed by atoms with van der Waals surface area (Å²) in [6.07, 6.45) is 45.3. The first-order valence-corrected chi connectivity index (χ1v) is 22.7. The van der Waals surface area contributed by atoms with Crippen LogP contribution in [0.3, 0.4) is 0 Å². The Labute approximate surface area is 336 Å². The smallest absolute Gasteiger partial charge is 0.462 e. The predicted octanol–water partition coefficient (Wildman–Crippen LogP) is 11.9. The van der Waals surface area contributed by atoms with Crippen molar-refractivity contribution in [2.24, 2.45) is 0 Å². The molecule has 2 atom stereocenters. The number of hydrogen-bond acceptors (Lipinski definition) is 7. The van der Waals surface area contributed by atoms with Gasteiger partial charge in [0.2, 0.25) is 0 Å². The summed E-state index contributed by atoms with van der Waals surface area (Å²) in [6, 6.07) is 0. The third kappa shape index (κ3) is 40.9. The van der Waals surface area contributed by atoms with E-state index >= 15 is 0 Å². The van der Waals surface area contributed by atoms with Crippen molar-refractivity contribution in [2.45, 2.75) is 155 Å². The van der Waals surface area contributed by atoms with E-state index in [1.807, 2.05) is 21.1 Å². The lowest BCUT2D eigenvalue weighted by molar-refractivity contribution is -0.870. The lowest BCUT2D eigenvalue weighted by Gasteiger charge is -2.24. The molecule has 10 heteroatoms. The van der Waals surface area contributed by atoms with E-state index < -0.39 is 26.5 Å². The standard InChI is InChI=1S/C45H78NO8P/c1-6-8-10-12-14-16-18-19-20-21-22-23-24-25-26-27-28-30-32-34-36-38-45(48)54-43(42-53-55(49,50)52-40-39-46(3,4)5)41-51-44(47)37-35-33-31-29-17-15-13-11-9-7-2/h8,10,14,16,19-20,22-23,25-26,28,30,43H,6-7,9,11-13,15,17-18,21,24,27,29,31-42H2,1-5H3/p+1/b10-8-,16-14-,20-19-,23-22-,26-25-,30-28-. The number of quaternary nitrogens is 1. The summed E-state index contributed by atoms with van der Waals surface area (Å²) >= 11 is 0. The van der Waals surface area contributed by atoms with E-state index in [1.165, 1.54) is 44.9 Å². The van der Waals surface area contributed by atoms with Gasteiger partial charge in [0.05, 0.1) is 27.7 Å². The zero-order valence-electron chi connectivity index (χ0n) is 35.4. The lowest BCUT2D eigenvalue weighted by atomic mass is 10.1. The van der Waals surface area contributed by atoms with Crippen molar-refractivity contribution >= 4 is 19.8 Å². The van der Waals surface area contributed by atoms with E-state index in [9.17, 15) is 19.0 Å². The minimum Gasteiger partial charge on any atom is -0.462 e. The SMILES string of the molecule is CC/C=C\C/C=C\C/C=C\C/C=C\C/C=C\C/C=C\CCCCC(=O)OC(COC(=O)CCCCCCCCCCCC)COP(=O)(O)OCC[N+](C)(C)C. The van der Waals surface area contributed by atoms with Gasteiger partial charge >= 0.3 is 19.8 Å². The summed E-state index contributed by atoms with van der Waals surface area (Å²) in [4.78, 5) is 35.2. The molecule has 1 N–H and O–H groups in total. The number of phosphoric ester groups is 1. The first kappa shape index (κ1) is 52.5. The molecule has 0 fully saturated rings. The Kier molecular flexibility index (Phi) is 35.3. The number of carbonyl (C=O) groups is 2. The molecule has 0 rings (SSSR count). The zero-order valence-corrected chi connectivity index (χ0v) is 36.3. The van der Waals surface area contributed by atoms with Crippen LogP contribution in [0, 0.1) is 0 Å². The van der Waals surface area contributed by atoms with Crippen molar-refractivity contribution in [2.75, 3.05) is 47.5 Å². The van der Waals surface area contributed by atoms with Gasteiger partial charge in [0.25, 0.3) is 0 Å². The van der Waals surface area contributed by atoms with Gasteiger partial charge in [-0.15, -0.1) is 0 Å². The number of rotatable bonds is 37. The zero-order chi connectivity index (χ0) is 40.7. The Balaban J connectivity index is 4.46. The highest BCUT2D eigenvalue weighted by molar-refractivity contribution is 7.47. The Morgan fingerprint density at radius 3 is 1.55 bits per heavy atom. The van der Waals surface area contributed by atoms with E-state index in [2.05, 4.69) is 86.8 Å². The van der Waals surface area contributed by atoms with E-state index in [-0.39, 0.29) is 32.0 Å². The molecule has 0 aliphatic carbocycles. The minimum absolute atomic E-state index is 0.0202. The minimum atomic E-state index is -4.39. The normalized spacial score (nSPS) is 14.4. The third-order valence-electron chi connectivity index (χ3n) is 8.50. The van der Waals surface area contributed by atoms with Gasteiger partial charge in [0.1, 0.15) is 19.8 Å². The largest absolute Gasteiger partial charge is 0.472 e. The molecule has 0 aromatic carbocycles. The Morgan fingerprint density at radius 2 is 1.04 bits per heavy atom. The number of phosphoric acid groups is 1. The average Bonchev–Trinajstić information content (AvgIpc) is 3.13. The van der Waals surface area contributed by atoms with Crippen LogP contribution in [-0.2, 0) is 32.7 Å². The van der Waals surface area contributed by atoms with Gasteiger partial charge < -0.3 is 18.9 Å². The maximum Gasteiger partial charge on any atom is 0.472 e. The fraction of sp³-hybridized carbons (Fsp3) is 0.689. The molecule has 0 amide bonds. The van der Waals surface area contributed by atoms with Gasteiger partial charge in [-0.2, -0.15) is 0 Å². The van der Waals surface area contributed by atoms with Crippen LogP contribution in [0.25, 0.3) is 0 Å². The molecule has 0 saturated heterocycles. The van der Waals surface area contributed by atoms with E-state index in [4.69, 9.17) is 18.5 Å². The molecule has 0 radical (unpaired) electrons. The second-order valence-corrected chi connectivity index (χ2v) is 16.5. The second-order valence-electron chi connectivity index (χ2n) is 15.0. The highest BCUT2D eigenvalue weighted by Crippen LogP contribution is 2.43. The van der Waals surface area contributed by atoms with Gasteiger partial charge in [0.15, 0.2) is 6.10 Å². The fourth-order valence-corrected chi connectivity index (χ4v) is 5.93. The molecule has 0 heterocycles. The second kappa shape index (κ2) is 37.1. The van der Waals surface area contributed by atoms with Crippen LogP contribution in [0.4, 0.5) is 0 Å². The molecule has 55 heavy (non-hydrogen) atoms. The summed E-state index contributed by atoms with van der Waals surface area (Å²) < 4.78 is 34.2. The average molecular weight is 793 g/mol. The summed E-state index contributed by atoms with van der Waals surface area (Å²) in [5.74, 6) is -0.857. The van der Waals surface area contributed by atoms with Gasteiger partial charge in [-0.25, -0.2) is 4.57 Å². The Hall–Kier alpha value is -2.55. The van der Waals surface area contributed by atoms with Crippen molar-refractivity contribution in [3.05, 3.63) is 72.9 Å². The Bertz CT molecular complexity index is 1170. The molecule has 0 aliphatic rings. The lowest BCUT2D eigenvalue weighted by Crippen LogP contribution is -2.37. The summed E-state index contributed by atoms with van der Waals surface area (Å²) in [5.41, 5.74) is 0. The van der Waals surface area contributed by atoms with Crippen LogP contribution in [0.1, 0.15) is 149 Å². The Morgan fingerprint density at radius 1 is 0.582 bits per heavy atom. The first-order chi connectivity index (χ1) is 26.5. The number of unbranched alkanes of at least 4 members (excludes halogenated alkanes) is 11. The van der Waals surface area contributed by atoms with Crippen LogP contribution in [0.2, 0.25) is 0 Å². The van der Waals surface area contributed by atoms with Gasteiger partial charge in [-0.3, -0.25) is 18.6 Å². The topological polar surface area (TPSA) is 108 Å². The number of esters is 2. The van der Waals surface area contributed by atoms with Crippen molar-refractivity contribution in [3.8, 4) is 0 Å². The molecule has 0 aliphatic heterocycles. The maximum absolute atomic E-state index is 12.7. The van der Waals surface area contributed by atoms with Crippen molar-refractivity contribution in [3.63, 3.8) is 0 Å². The molecular formula is C45H79NO8P+. The van der Waals surface area contributed by atoms with Crippen LogP contribution < -0.4 is 0 Å². The molecule has 0 spiro atoms. The molecular weight excluding hydrogens is 713 g/mol. The van der Waals surface area contributed by atoms with Gasteiger partial charge in [-0.1, -0.05) is 145 Å². The fourth-order valence-electron chi connectivity index (χ4n) is 5.19. The van der Waals surface area contributed by atoms with Crippen LogP contribution >= 0.6 is 7.82 Å². The highest BCUT2D eigenvalue weighted by Gasteiger charge is 2.27. The quantitative estimate of drug-likeness (QED) is 0.0218. The van der Waals surface area contributed by atoms with Crippen molar-refractivity contribution in [1.82, 2.24) is 0 Å². The number of likely N-dealkylation sites (N-methyl/N-ethyl adjacent to an activating group) is 1. The number of nitrogens with zero attached hydrogens (tertiary/aromatic N) is 1. The van der Waals surface area contributed by atoms with Crippen LogP contribution in [0.5, 0.6) is 0 Å². The molecule has 316 valence electrons. The summed E-state index contributed by atoms with van der Waals surface area (Å²) in [6.45, 7) is 4.22. The molecule has 0 saturated carbocycles. The highest BCUT2D eigenvalue weighted by atomic mass is 31.2. The monoisotopic (exact) mass is 793 g/mol. The van der Waals surface area contributed by atoms with Crippen LogP contribution in [0.15, 0.2) is 72.9 Å². The molecule has 2 unspecified atom stereocenters. The molecule has 9 nitrogen and oxygen atoms in total. The number of hydrogen-bond donors (Lipinski definition) is 1. The van der Waals surface area contributed by atoms with Gasteiger partial charge in [-0.05, 0) is 64.2 Å². The summed E-state index contributed by atoms with van der Waals surface area (Å²) in [7, 11) is 1.44. The number of carbonyl (C=O) groups excluding carboxylic acids is 2. The number of allylic oxidation sites excluding steroid dienone is 12. The van der Waals surface area contributed by atoms with E-state index in [0.29, 0.717) is 17.4 Å². The van der Waals surface area contributed by atoms with E-state index in [1.54, 1.807) is 0 Å². The van der Waals surface area contributed by atoms with E-state index in [0.717, 1.165) is 70.6 Å². The van der Waals surface area contributed by atoms with Gasteiger partial charge in [0, 0.05) is 12.8 Å². The van der Waals surface area contributed by atoms with Crippen molar-refractivity contribution < 1.29 is 42.1 Å². The summed E-state index contributed by atoms with van der Waals surface area (Å²) in [5, 5.41) is 0. The van der Waals surface area contributed by atoms with Crippen molar-refractivity contribution in [1.29, 1.82) is 0 Å². The predicted molar refractivity (Wildman–Crippen MR) is 229 cm³/mol. The third-order valence-corrected chi connectivity index (χ3v) is 9.49. The molecule has 0 bridgehead atoms. The molecule has 0 aromatic rings. The number of ether oxygens (including phenoxy) is 2. The van der Waals surface area contributed by atoms with Crippen LogP contribution in [-0.4, -0.2) is 74.9 Å².